The molecule has 11 nitrogen and oxygen atoms in total. The molecule has 4 atom stereocenters. The van der Waals surface area contributed by atoms with Crippen LogP contribution in [0.4, 0.5) is 10.5 Å². The summed E-state index contributed by atoms with van der Waals surface area (Å²) in [4.78, 5) is 33.8. The Hall–Kier alpha value is -4.41. The molecule has 2 aromatic carbocycles. The van der Waals surface area contributed by atoms with Gasteiger partial charge in [0.05, 0.1) is 22.1 Å². The minimum absolute atomic E-state index is 0.0670. The van der Waals surface area contributed by atoms with Crippen LogP contribution >= 0.6 is 0 Å². The first kappa shape index (κ1) is 24.3. The Balaban J connectivity index is 1.20. The van der Waals surface area contributed by atoms with Crippen LogP contribution in [0.5, 0.6) is 11.5 Å². The number of carbonyl (C=O) groups is 2. The Kier molecular flexibility index (Phi) is 6.51. The molecule has 0 amide bonds. The zero-order valence-electron chi connectivity index (χ0n) is 19.9. The topological polar surface area (TPSA) is 151 Å². The van der Waals surface area contributed by atoms with E-state index in [1.807, 2.05) is 0 Å². The molecular formula is C26H24N2O9. The van der Waals surface area contributed by atoms with Gasteiger partial charge in [-0.1, -0.05) is 5.16 Å². The summed E-state index contributed by atoms with van der Waals surface area (Å²) >= 11 is 0. The van der Waals surface area contributed by atoms with Crippen LogP contribution in [0, 0.1) is 34.8 Å². The molecule has 11 heteroatoms. The molecule has 5 rings (SSSR count). The molecule has 0 bridgehead atoms. The van der Waals surface area contributed by atoms with Gasteiger partial charge in [-0.25, -0.2) is 4.79 Å². The van der Waals surface area contributed by atoms with Crippen molar-refractivity contribution < 1.29 is 38.4 Å². The lowest BCUT2D eigenvalue weighted by Gasteiger charge is -2.22. The third-order valence-electron chi connectivity index (χ3n) is 6.94. The van der Waals surface area contributed by atoms with Crippen molar-refractivity contribution >= 4 is 17.8 Å². The van der Waals surface area contributed by atoms with Crippen molar-refractivity contribution in [2.75, 3.05) is 0 Å². The van der Waals surface area contributed by atoms with Crippen LogP contribution in [-0.2, 0) is 16.1 Å². The number of aryl methyl sites for hydroxylation is 1. The normalized spacial score (nSPS) is 22.0. The van der Waals surface area contributed by atoms with Crippen molar-refractivity contribution in [1.82, 2.24) is 5.16 Å². The summed E-state index contributed by atoms with van der Waals surface area (Å²) in [6.45, 7) is 1.56. The first-order valence-electron chi connectivity index (χ1n) is 11.9. The number of nitro groups is 1. The van der Waals surface area contributed by atoms with Gasteiger partial charge in [0.1, 0.15) is 24.2 Å². The van der Waals surface area contributed by atoms with Crippen LogP contribution in [0.15, 0.2) is 53.1 Å². The van der Waals surface area contributed by atoms with Crippen LogP contribution in [0.3, 0.4) is 0 Å². The van der Waals surface area contributed by atoms with E-state index in [0.29, 0.717) is 28.3 Å². The molecule has 192 valence electrons. The van der Waals surface area contributed by atoms with Gasteiger partial charge in [0.15, 0.2) is 5.76 Å². The largest absolute Gasteiger partial charge is 0.514 e. The van der Waals surface area contributed by atoms with Crippen LogP contribution in [-0.4, -0.2) is 33.4 Å². The van der Waals surface area contributed by atoms with E-state index in [1.54, 1.807) is 31.2 Å². The Morgan fingerprint density at radius 3 is 2.49 bits per heavy atom. The molecular weight excluding hydrogens is 484 g/mol. The highest BCUT2D eigenvalue weighted by molar-refractivity contribution is 5.74. The zero-order chi connectivity index (χ0) is 26.1. The fourth-order valence-electron chi connectivity index (χ4n) is 5.05. The molecule has 0 radical (unpaired) electrons. The lowest BCUT2D eigenvalue weighted by molar-refractivity contribution is -0.384. The molecule has 2 aliphatic rings. The number of hydrogen-bond acceptors (Lipinski definition) is 9. The van der Waals surface area contributed by atoms with E-state index >= 15 is 0 Å². The second-order valence-electron chi connectivity index (χ2n) is 9.18. The first-order chi connectivity index (χ1) is 17.8. The molecule has 0 aliphatic heterocycles. The number of fused-ring (bicyclic) bond motifs is 1. The van der Waals surface area contributed by atoms with Crippen molar-refractivity contribution in [3.63, 3.8) is 0 Å². The van der Waals surface area contributed by atoms with Crippen LogP contribution in [0.1, 0.15) is 30.5 Å². The molecule has 3 aromatic rings. The fraction of sp³-hybridized carbons (Fsp3) is 0.346. The molecule has 1 heterocycles. The van der Waals surface area contributed by atoms with Gasteiger partial charge >= 0.3 is 12.1 Å². The van der Waals surface area contributed by atoms with Gasteiger partial charge in [0.2, 0.25) is 0 Å². The van der Waals surface area contributed by atoms with Gasteiger partial charge in [-0.05, 0) is 68.5 Å². The Bertz CT molecular complexity index is 1320. The zero-order valence-corrected chi connectivity index (χ0v) is 19.9. The second kappa shape index (κ2) is 9.92. The quantitative estimate of drug-likeness (QED) is 0.187. The van der Waals surface area contributed by atoms with Gasteiger partial charge in [-0.3, -0.25) is 14.9 Å². The SMILES string of the molecule is Cc1noc(-c2ccc(OC3CCCC4C(C(=O)O)C34)cc2)c1COC(=O)Oc1ccc([N+](=O)[O-])cc1. The molecule has 2 aliphatic carbocycles. The maximum Gasteiger partial charge on any atom is 0.514 e. The Morgan fingerprint density at radius 1 is 1.11 bits per heavy atom. The fourth-order valence-corrected chi connectivity index (χ4v) is 5.05. The predicted molar refractivity (Wildman–Crippen MR) is 127 cm³/mol. The van der Waals surface area contributed by atoms with Gasteiger partial charge in [0.25, 0.3) is 5.69 Å². The minimum Gasteiger partial charge on any atom is -0.490 e. The number of aliphatic carboxylic acids is 1. The molecule has 2 fully saturated rings. The molecule has 0 saturated heterocycles. The lowest BCUT2D eigenvalue weighted by atomic mass is 9.98. The summed E-state index contributed by atoms with van der Waals surface area (Å²) in [5, 5.41) is 24.1. The first-order valence-corrected chi connectivity index (χ1v) is 11.9. The third-order valence-corrected chi connectivity index (χ3v) is 6.94. The van der Waals surface area contributed by atoms with E-state index in [4.69, 9.17) is 18.7 Å². The highest BCUT2D eigenvalue weighted by atomic mass is 16.7. The van der Waals surface area contributed by atoms with E-state index in [1.165, 1.54) is 24.3 Å². The molecule has 1 aromatic heterocycles. The maximum atomic E-state index is 12.1. The highest BCUT2D eigenvalue weighted by Gasteiger charge is 2.60. The Morgan fingerprint density at radius 2 is 1.81 bits per heavy atom. The average molecular weight is 508 g/mol. The third kappa shape index (κ3) is 5.11. The summed E-state index contributed by atoms with van der Waals surface area (Å²) in [7, 11) is 0. The number of carbonyl (C=O) groups excluding carboxylic acids is 1. The van der Waals surface area contributed by atoms with Gasteiger partial charge in [-0.15, -0.1) is 0 Å². The van der Waals surface area contributed by atoms with Crippen LogP contribution in [0.2, 0.25) is 0 Å². The number of carboxylic acid groups (broad SMARTS) is 1. The van der Waals surface area contributed by atoms with E-state index in [0.717, 1.165) is 19.3 Å². The number of carboxylic acids is 1. The van der Waals surface area contributed by atoms with Gasteiger partial charge in [-0.2, -0.15) is 0 Å². The molecule has 0 spiro atoms. The standard InChI is InChI=1S/C26H24N2O9/c1-14-20(13-34-26(31)36-18-11-7-16(8-12-18)28(32)33)24(37-27-14)15-5-9-17(10-6-15)35-21-4-2-3-19-22(21)23(19)25(29)30/h5-12,19,21-23H,2-4,13H2,1H3,(H,29,30). The van der Waals surface area contributed by atoms with Crippen molar-refractivity contribution in [3.05, 3.63) is 69.9 Å². The van der Waals surface area contributed by atoms with E-state index in [9.17, 15) is 24.8 Å². The predicted octanol–water partition coefficient (Wildman–Crippen LogP) is 5.15. The number of nitrogens with zero attached hydrogens (tertiary/aromatic N) is 2. The van der Waals surface area contributed by atoms with E-state index < -0.39 is 17.0 Å². The van der Waals surface area contributed by atoms with Gasteiger partial charge < -0.3 is 23.8 Å². The molecule has 37 heavy (non-hydrogen) atoms. The van der Waals surface area contributed by atoms with Crippen LogP contribution in [0.25, 0.3) is 11.3 Å². The number of rotatable bonds is 8. The minimum atomic E-state index is -0.977. The van der Waals surface area contributed by atoms with E-state index in [2.05, 4.69) is 5.16 Å². The Labute approximate surface area is 211 Å². The van der Waals surface area contributed by atoms with Crippen LogP contribution < -0.4 is 9.47 Å². The van der Waals surface area contributed by atoms with Crippen molar-refractivity contribution in [2.24, 2.45) is 17.8 Å². The second-order valence-corrected chi connectivity index (χ2v) is 9.18. The number of benzene rings is 2. The number of non-ortho nitro benzene ring substituents is 1. The highest BCUT2D eigenvalue weighted by Crippen LogP contribution is 2.56. The van der Waals surface area contributed by atoms with Crippen molar-refractivity contribution in [2.45, 2.75) is 38.9 Å². The summed E-state index contributed by atoms with van der Waals surface area (Å²) in [5.41, 5.74) is 1.68. The van der Waals surface area contributed by atoms with Gasteiger partial charge in [0, 0.05) is 23.6 Å². The molecule has 2 saturated carbocycles. The lowest BCUT2D eigenvalue weighted by Crippen LogP contribution is -2.24. The summed E-state index contributed by atoms with van der Waals surface area (Å²) < 4.78 is 21.9. The maximum absolute atomic E-state index is 12.1. The van der Waals surface area contributed by atoms with Crippen molar-refractivity contribution in [1.29, 1.82) is 0 Å². The number of aromatic nitrogens is 1. The number of nitro benzene ring substituents is 1. The smallest absolute Gasteiger partial charge is 0.490 e. The average Bonchev–Trinajstić information content (AvgIpc) is 3.52. The monoisotopic (exact) mass is 508 g/mol. The van der Waals surface area contributed by atoms with Crippen molar-refractivity contribution in [3.8, 4) is 22.8 Å². The summed E-state index contributed by atoms with van der Waals surface area (Å²) in [5.74, 6) is 0.411. The molecule has 4 unspecified atom stereocenters. The summed E-state index contributed by atoms with van der Waals surface area (Å²) in [6, 6.07) is 12.2. The number of hydrogen-bond donors (Lipinski definition) is 1. The molecule has 1 N–H and O–H groups in total. The number of ether oxygens (including phenoxy) is 3. The van der Waals surface area contributed by atoms with E-state index in [-0.39, 0.29) is 41.9 Å². The summed E-state index contributed by atoms with van der Waals surface area (Å²) in [6.07, 6.45) is 1.66.